The average Bonchev–Trinajstić information content (AvgIpc) is 2.79. The lowest BCUT2D eigenvalue weighted by Crippen LogP contribution is -2.12. The van der Waals surface area contributed by atoms with Crippen molar-refractivity contribution < 1.29 is 24.7 Å². The molecule has 3 N–H and O–H groups in total. The average molecular weight is 396 g/mol. The van der Waals surface area contributed by atoms with Crippen LogP contribution in [0.4, 0.5) is 0 Å². The van der Waals surface area contributed by atoms with Gasteiger partial charge in [-0.1, -0.05) is 66.7 Å². The molecule has 3 aromatic carbocycles. The number of ketones is 1. The van der Waals surface area contributed by atoms with E-state index in [1.165, 1.54) is 0 Å². The standard InChI is InChI=1S/C22H20O4.HOP/c23-12-15-10-17(13-24)21(18(11-15)14-25)22(26)20-9-5-4-8-19(20)16-6-2-1-3-7-16;1-2/h1-11,23-25H,12-14H2;2H. The molecule has 0 spiro atoms. The molecule has 5 nitrogen and oxygen atoms in total. The Labute approximate surface area is 165 Å². The van der Waals surface area contributed by atoms with Gasteiger partial charge in [0.1, 0.15) is 9.12 Å². The molecule has 0 fully saturated rings. The molecule has 0 unspecified atom stereocenters. The summed E-state index contributed by atoms with van der Waals surface area (Å²) in [4.78, 5) is 13.3. The maximum atomic E-state index is 13.3. The van der Waals surface area contributed by atoms with Gasteiger partial charge in [0.05, 0.1) is 19.8 Å². The van der Waals surface area contributed by atoms with Crippen LogP contribution in [0.1, 0.15) is 32.6 Å². The van der Waals surface area contributed by atoms with Crippen LogP contribution in [0.5, 0.6) is 0 Å². The van der Waals surface area contributed by atoms with Crippen LogP contribution in [0.3, 0.4) is 0 Å². The largest absolute Gasteiger partial charge is 0.392 e. The number of carbonyl (C=O) groups is 1. The van der Waals surface area contributed by atoms with Crippen LogP contribution in [-0.2, 0) is 24.4 Å². The van der Waals surface area contributed by atoms with Crippen molar-refractivity contribution in [2.24, 2.45) is 0 Å². The summed E-state index contributed by atoms with van der Waals surface area (Å²) in [6.45, 7) is -0.931. The van der Waals surface area contributed by atoms with E-state index in [0.29, 0.717) is 22.3 Å². The molecule has 0 aliphatic rings. The number of benzene rings is 3. The van der Waals surface area contributed by atoms with Crippen molar-refractivity contribution in [2.45, 2.75) is 19.8 Å². The SMILES string of the molecule is O=C(c1ccccc1-c1ccccc1)c1c(CO)cc(CO)cc1CO.O=P. The molecule has 0 amide bonds. The lowest BCUT2D eigenvalue weighted by atomic mass is 9.88. The minimum absolute atomic E-state index is 0.227. The van der Waals surface area contributed by atoms with Crippen molar-refractivity contribution in [3.05, 3.63) is 94.5 Å². The molecule has 0 aliphatic carbocycles. The van der Waals surface area contributed by atoms with Gasteiger partial charge in [0.15, 0.2) is 5.78 Å². The van der Waals surface area contributed by atoms with Gasteiger partial charge in [0.25, 0.3) is 0 Å². The fraction of sp³-hybridized carbons (Fsp3) is 0.136. The Bertz CT molecular complexity index is 916. The van der Waals surface area contributed by atoms with Gasteiger partial charge < -0.3 is 15.3 Å². The van der Waals surface area contributed by atoms with Crippen molar-refractivity contribution in [1.82, 2.24) is 0 Å². The molecule has 0 aliphatic heterocycles. The summed E-state index contributed by atoms with van der Waals surface area (Å²) in [7, 11) is 1.72. The molecular weight excluding hydrogens is 375 g/mol. The Morgan fingerprint density at radius 1 is 0.750 bits per heavy atom. The minimum Gasteiger partial charge on any atom is -0.392 e. The number of hydrogen-bond acceptors (Lipinski definition) is 5. The topological polar surface area (TPSA) is 94.8 Å². The quantitative estimate of drug-likeness (QED) is 0.438. The molecule has 0 aromatic heterocycles. The predicted octanol–water partition coefficient (Wildman–Crippen LogP) is 3.54. The highest BCUT2D eigenvalue weighted by atomic mass is 31.0. The first kappa shape index (κ1) is 21.6. The highest BCUT2D eigenvalue weighted by Gasteiger charge is 2.21. The summed E-state index contributed by atoms with van der Waals surface area (Å²) in [5.41, 5.74) is 3.83. The molecule has 0 atom stereocenters. The summed E-state index contributed by atoms with van der Waals surface area (Å²) >= 11 is 0. The second-order valence-electron chi connectivity index (χ2n) is 6.00. The van der Waals surface area contributed by atoms with E-state index in [0.717, 1.165) is 11.1 Å². The van der Waals surface area contributed by atoms with Gasteiger partial charge in [-0.25, -0.2) is 0 Å². The van der Waals surface area contributed by atoms with Crippen molar-refractivity contribution in [2.75, 3.05) is 0 Å². The molecular formula is C22H21O5P. The van der Waals surface area contributed by atoms with Crippen LogP contribution in [0.15, 0.2) is 66.7 Å². The van der Waals surface area contributed by atoms with Gasteiger partial charge in [0, 0.05) is 11.1 Å². The molecule has 28 heavy (non-hydrogen) atoms. The van der Waals surface area contributed by atoms with Crippen LogP contribution in [0.2, 0.25) is 0 Å². The first-order chi connectivity index (χ1) is 13.7. The van der Waals surface area contributed by atoms with E-state index in [9.17, 15) is 20.1 Å². The van der Waals surface area contributed by atoms with Gasteiger partial charge in [-0.2, -0.15) is 0 Å². The van der Waals surface area contributed by atoms with E-state index < -0.39 is 0 Å². The van der Waals surface area contributed by atoms with Crippen molar-refractivity contribution >= 4 is 14.9 Å². The molecule has 0 saturated carbocycles. The van der Waals surface area contributed by atoms with Gasteiger partial charge in [-0.05, 0) is 27.8 Å². The van der Waals surface area contributed by atoms with Crippen molar-refractivity contribution in [3.63, 3.8) is 0 Å². The van der Waals surface area contributed by atoms with Crippen LogP contribution in [0, 0.1) is 0 Å². The van der Waals surface area contributed by atoms with Crippen molar-refractivity contribution in [1.29, 1.82) is 0 Å². The second-order valence-corrected chi connectivity index (χ2v) is 6.00. The molecule has 3 rings (SSSR count). The number of hydrogen-bond donors (Lipinski definition) is 3. The summed E-state index contributed by atoms with van der Waals surface area (Å²) in [6, 6.07) is 20.1. The van der Waals surface area contributed by atoms with Crippen LogP contribution >= 0.6 is 9.12 Å². The predicted molar refractivity (Wildman–Crippen MR) is 109 cm³/mol. The molecule has 3 aromatic rings. The molecule has 6 heteroatoms. The monoisotopic (exact) mass is 396 g/mol. The fourth-order valence-electron chi connectivity index (χ4n) is 3.16. The molecule has 144 valence electrons. The van der Waals surface area contributed by atoms with Gasteiger partial charge in [-0.3, -0.25) is 9.36 Å². The maximum Gasteiger partial charge on any atom is 0.194 e. The molecule has 0 radical (unpaired) electrons. The molecule has 0 bridgehead atoms. The Morgan fingerprint density at radius 2 is 1.29 bits per heavy atom. The first-order valence-electron chi connectivity index (χ1n) is 8.56. The Kier molecular flexibility index (Phi) is 8.18. The van der Waals surface area contributed by atoms with Crippen LogP contribution in [0.25, 0.3) is 11.1 Å². The fourth-order valence-corrected chi connectivity index (χ4v) is 3.16. The van der Waals surface area contributed by atoms with E-state index in [2.05, 4.69) is 0 Å². The van der Waals surface area contributed by atoms with E-state index in [4.69, 9.17) is 4.57 Å². The van der Waals surface area contributed by atoms with E-state index in [1.54, 1.807) is 33.4 Å². The van der Waals surface area contributed by atoms with E-state index in [-0.39, 0.29) is 31.2 Å². The Hall–Kier alpha value is -2.69. The third-order valence-electron chi connectivity index (χ3n) is 4.37. The first-order valence-corrected chi connectivity index (χ1v) is 8.97. The zero-order chi connectivity index (χ0) is 20.5. The Balaban J connectivity index is 0.00000136. The van der Waals surface area contributed by atoms with Crippen LogP contribution in [-0.4, -0.2) is 21.1 Å². The summed E-state index contributed by atoms with van der Waals surface area (Å²) in [5.74, 6) is -0.262. The summed E-state index contributed by atoms with van der Waals surface area (Å²) in [6.07, 6.45) is 0. The summed E-state index contributed by atoms with van der Waals surface area (Å²) < 4.78 is 8.06. The molecule has 0 heterocycles. The van der Waals surface area contributed by atoms with E-state index in [1.807, 2.05) is 42.5 Å². The normalized spacial score (nSPS) is 10.1. The summed E-state index contributed by atoms with van der Waals surface area (Å²) in [5, 5.41) is 28.8. The van der Waals surface area contributed by atoms with Gasteiger partial charge >= 0.3 is 0 Å². The minimum atomic E-state index is -0.352. The highest BCUT2D eigenvalue weighted by Crippen LogP contribution is 2.28. The van der Waals surface area contributed by atoms with E-state index >= 15 is 0 Å². The number of aliphatic hydroxyl groups excluding tert-OH is 3. The lowest BCUT2D eigenvalue weighted by Gasteiger charge is -2.16. The lowest BCUT2D eigenvalue weighted by molar-refractivity contribution is 0.103. The second kappa shape index (κ2) is 10.6. The third-order valence-corrected chi connectivity index (χ3v) is 4.37. The Morgan fingerprint density at radius 3 is 1.82 bits per heavy atom. The maximum absolute atomic E-state index is 13.3. The van der Waals surface area contributed by atoms with Crippen LogP contribution < -0.4 is 0 Å². The van der Waals surface area contributed by atoms with Gasteiger partial charge in [0.2, 0.25) is 0 Å². The van der Waals surface area contributed by atoms with Gasteiger partial charge in [-0.15, -0.1) is 0 Å². The van der Waals surface area contributed by atoms with Crippen molar-refractivity contribution in [3.8, 4) is 11.1 Å². The molecule has 0 saturated heterocycles. The zero-order valence-corrected chi connectivity index (χ0v) is 16.1. The smallest absolute Gasteiger partial charge is 0.194 e. The highest BCUT2D eigenvalue weighted by molar-refractivity contribution is 7.00. The zero-order valence-electron chi connectivity index (χ0n) is 15.1. The number of rotatable bonds is 6. The third kappa shape index (κ3) is 4.58. The number of carbonyl (C=O) groups excluding carboxylic acids is 1. The number of aliphatic hydroxyl groups is 3.